The molecule has 0 aliphatic carbocycles. The maximum atomic E-state index is 12.5. The maximum absolute atomic E-state index is 12.5. The molecule has 5 heteroatoms. The van der Waals surface area contributed by atoms with Gasteiger partial charge in [-0.2, -0.15) is 0 Å². The number of carbonyl (C=O) groups excluding carboxylic acids is 2. The summed E-state index contributed by atoms with van der Waals surface area (Å²) in [4.78, 5) is 26.4. The van der Waals surface area contributed by atoms with Crippen molar-refractivity contribution in [2.24, 2.45) is 0 Å². The van der Waals surface area contributed by atoms with Crippen molar-refractivity contribution in [1.82, 2.24) is 15.5 Å². The van der Waals surface area contributed by atoms with Crippen molar-refractivity contribution in [2.75, 3.05) is 13.6 Å². The molecule has 108 valence electrons. The van der Waals surface area contributed by atoms with Crippen LogP contribution < -0.4 is 10.6 Å². The van der Waals surface area contributed by atoms with Gasteiger partial charge in [-0.25, -0.2) is 0 Å². The lowest BCUT2D eigenvalue weighted by atomic mass is 9.99. The van der Waals surface area contributed by atoms with Crippen LogP contribution in [0.2, 0.25) is 0 Å². The van der Waals surface area contributed by atoms with Crippen LogP contribution in [0.3, 0.4) is 0 Å². The fraction of sp³-hybridized carbons (Fsp3) is 0.857. The maximum Gasteiger partial charge on any atom is 0.245 e. The van der Waals surface area contributed by atoms with Gasteiger partial charge in [-0.3, -0.25) is 9.59 Å². The summed E-state index contributed by atoms with van der Waals surface area (Å²) in [5, 5.41) is 5.81. The Morgan fingerprint density at radius 1 is 1.26 bits per heavy atom. The summed E-state index contributed by atoms with van der Waals surface area (Å²) >= 11 is 0. The second-order valence-corrected chi connectivity index (χ2v) is 5.68. The highest BCUT2D eigenvalue weighted by Crippen LogP contribution is 2.26. The molecule has 0 unspecified atom stereocenters. The number of hydrogen-bond donors (Lipinski definition) is 2. The number of nitrogens with zero attached hydrogens (tertiary/aromatic N) is 1. The van der Waals surface area contributed by atoms with Crippen LogP contribution in [0.15, 0.2) is 0 Å². The Morgan fingerprint density at radius 3 is 2.68 bits per heavy atom. The second-order valence-electron chi connectivity index (χ2n) is 5.68. The summed E-state index contributed by atoms with van der Waals surface area (Å²) in [5.41, 5.74) is 0. The molecule has 2 aliphatic heterocycles. The van der Waals surface area contributed by atoms with Gasteiger partial charge in [0.05, 0.1) is 6.04 Å². The molecule has 0 spiro atoms. The summed E-state index contributed by atoms with van der Waals surface area (Å²) in [7, 11) is 1.75. The van der Waals surface area contributed by atoms with E-state index in [0.717, 1.165) is 45.1 Å². The van der Waals surface area contributed by atoms with E-state index in [1.807, 2.05) is 4.90 Å². The highest BCUT2D eigenvalue weighted by atomic mass is 16.2. The molecule has 2 amide bonds. The number of likely N-dealkylation sites (N-methyl/N-ethyl adjacent to an activating group) is 1. The Hall–Kier alpha value is -1.10. The van der Waals surface area contributed by atoms with Crippen LogP contribution in [0, 0.1) is 0 Å². The molecule has 5 nitrogen and oxygen atoms in total. The molecule has 3 atom stereocenters. The lowest BCUT2D eigenvalue weighted by molar-refractivity contribution is -0.138. The van der Waals surface area contributed by atoms with Crippen LogP contribution in [-0.2, 0) is 9.59 Å². The normalized spacial score (nSPS) is 29.4. The number of nitrogens with one attached hydrogen (secondary N) is 2. The van der Waals surface area contributed by atoms with E-state index in [1.54, 1.807) is 14.0 Å². The number of hydrogen-bond acceptors (Lipinski definition) is 3. The molecule has 2 aliphatic rings. The van der Waals surface area contributed by atoms with Gasteiger partial charge >= 0.3 is 0 Å². The second kappa shape index (κ2) is 6.37. The largest absolute Gasteiger partial charge is 0.343 e. The first-order chi connectivity index (χ1) is 9.13. The molecule has 2 fully saturated rings. The van der Waals surface area contributed by atoms with Crippen LogP contribution >= 0.6 is 0 Å². The average Bonchev–Trinajstić information content (AvgIpc) is 2.86. The molecule has 2 saturated heterocycles. The lowest BCUT2D eigenvalue weighted by Gasteiger charge is -2.32. The summed E-state index contributed by atoms with van der Waals surface area (Å²) in [5.74, 6) is 0.0380. The summed E-state index contributed by atoms with van der Waals surface area (Å²) < 4.78 is 0. The first-order valence-electron chi connectivity index (χ1n) is 7.41. The Morgan fingerprint density at radius 2 is 1.95 bits per heavy atom. The van der Waals surface area contributed by atoms with Crippen molar-refractivity contribution < 1.29 is 9.59 Å². The molecule has 2 rings (SSSR count). The minimum Gasteiger partial charge on any atom is -0.343 e. The fourth-order valence-electron chi connectivity index (χ4n) is 3.04. The van der Waals surface area contributed by atoms with Gasteiger partial charge in [0.25, 0.3) is 0 Å². The molecule has 0 aromatic carbocycles. The van der Waals surface area contributed by atoms with E-state index in [-0.39, 0.29) is 23.9 Å². The smallest absolute Gasteiger partial charge is 0.245 e. The minimum atomic E-state index is -0.329. The van der Waals surface area contributed by atoms with E-state index in [9.17, 15) is 9.59 Å². The minimum absolute atomic E-state index is 0.0860. The van der Waals surface area contributed by atoms with Crippen molar-refractivity contribution in [2.45, 2.75) is 63.6 Å². The zero-order valence-electron chi connectivity index (χ0n) is 11.9. The Balaban J connectivity index is 2.01. The van der Waals surface area contributed by atoms with E-state index in [1.165, 1.54) is 0 Å². The first kappa shape index (κ1) is 14.3. The molecule has 2 N–H and O–H groups in total. The highest BCUT2D eigenvalue weighted by Gasteiger charge is 2.35. The lowest BCUT2D eigenvalue weighted by Crippen LogP contribution is -2.54. The average molecular weight is 267 g/mol. The highest BCUT2D eigenvalue weighted by molar-refractivity contribution is 5.89. The van der Waals surface area contributed by atoms with Crippen molar-refractivity contribution in [1.29, 1.82) is 0 Å². The molecular weight excluding hydrogens is 242 g/mol. The van der Waals surface area contributed by atoms with Crippen LogP contribution in [0.1, 0.15) is 45.4 Å². The van der Waals surface area contributed by atoms with Gasteiger partial charge in [-0.1, -0.05) is 12.8 Å². The third kappa shape index (κ3) is 3.26. The van der Waals surface area contributed by atoms with Crippen molar-refractivity contribution in [3.05, 3.63) is 0 Å². The van der Waals surface area contributed by atoms with Crippen LogP contribution in [0.5, 0.6) is 0 Å². The van der Waals surface area contributed by atoms with Gasteiger partial charge in [0.1, 0.15) is 6.04 Å². The quantitative estimate of drug-likeness (QED) is 0.789. The van der Waals surface area contributed by atoms with E-state index in [0.29, 0.717) is 6.04 Å². The summed E-state index contributed by atoms with van der Waals surface area (Å²) in [6.45, 7) is 2.67. The molecule has 0 aromatic rings. The third-order valence-corrected chi connectivity index (χ3v) is 4.38. The van der Waals surface area contributed by atoms with Gasteiger partial charge < -0.3 is 15.5 Å². The summed E-state index contributed by atoms with van der Waals surface area (Å²) in [6.07, 6.45) is 6.30. The number of fused-ring (bicyclic) bond motifs is 1. The Labute approximate surface area is 115 Å². The summed E-state index contributed by atoms with van der Waals surface area (Å²) in [6, 6.07) is -0.175. The molecule has 0 bridgehead atoms. The third-order valence-electron chi connectivity index (χ3n) is 4.38. The Kier molecular flexibility index (Phi) is 4.80. The van der Waals surface area contributed by atoms with E-state index < -0.39 is 0 Å². The monoisotopic (exact) mass is 267 g/mol. The molecule has 0 radical (unpaired) electrons. The molecule has 19 heavy (non-hydrogen) atoms. The van der Waals surface area contributed by atoms with Crippen LogP contribution in [-0.4, -0.2) is 48.4 Å². The molecule has 0 aromatic heterocycles. The van der Waals surface area contributed by atoms with Gasteiger partial charge in [-0.15, -0.1) is 0 Å². The number of amides is 2. The topological polar surface area (TPSA) is 61.4 Å². The van der Waals surface area contributed by atoms with Gasteiger partial charge in [0, 0.05) is 12.6 Å². The first-order valence-corrected chi connectivity index (χ1v) is 7.41. The Bertz CT molecular complexity index is 346. The van der Waals surface area contributed by atoms with E-state index >= 15 is 0 Å². The zero-order chi connectivity index (χ0) is 13.8. The number of rotatable bonds is 3. The molecular formula is C14H25N3O2. The van der Waals surface area contributed by atoms with Crippen molar-refractivity contribution in [3.63, 3.8) is 0 Å². The van der Waals surface area contributed by atoms with Crippen molar-refractivity contribution in [3.8, 4) is 0 Å². The predicted molar refractivity (Wildman–Crippen MR) is 73.7 cm³/mol. The van der Waals surface area contributed by atoms with E-state index in [2.05, 4.69) is 10.6 Å². The fourth-order valence-corrected chi connectivity index (χ4v) is 3.04. The van der Waals surface area contributed by atoms with Crippen molar-refractivity contribution >= 4 is 11.8 Å². The SMILES string of the molecule is CN[C@@H](C)C(=O)N[C@H]1CCCC[C@H]2CCCN2C1=O. The standard InChI is InChI=1S/C14H25N3O2/c1-10(15-2)13(18)16-12-8-4-3-6-11-7-5-9-17(11)14(12)19/h10-12,15H,3-9H2,1-2H3,(H,16,18)/t10-,11-,12-/m0/s1. The zero-order valence-corrected chi connectivity index (χ0v) is 11.9. The van der Waals surface area contributed by atoms with E-state index in [4.69, 9.17) is 0 Å². The van der Waals surface area contributed by atoms with Gasteiger partial charge in [0.15, 0.2) is 0 Å². The van der Waals surface area contributed by atoms with Gasteiger partial charge in [-0.05, 0) is 39.7 Å². The molecule has 0 saturated carbocycles. The van der Waals surface area contributed by atoms with Crippen LogP contribution in [0.4, 0.5) is 0 Å². The van der Waals surface area contributed by atoms with Crippen LogP contribution in [0.25, 0.3) is 0 Å². The molecule has 2 heterocycles. The van der Waals surface area contributed by atoms with Gasteiger partial charge in [0.2, 0.25) is 11.8 Å². The predicted octanol–water partition coefficient (Wildman–Crippen LogP) is 0.644. The number of carbonyl (C=O) groups is 2.